The molecule has 0 spiro atoms. The van der Waals surface area contributed by atoms with Crippen LogP contribution in [0.5, 0.6) is 5.75 Å². The topological polar surface area (TPSA) is 69.0 Å². The van der Waals surface area contributed by atoms with Gasteiger partial charge in [0.1, 0.15) is 5.75 Å². The first-order valence-corrected chi connectivity index (χ1v) is 8.17. The number of ether oxygens (including phenoxy) is 1. The zero-order valence-corrected chi connectivity index (χ0v) is 14.6. The molecule has 0 fully saturated rings. The van der Waals surface area contributed by atoms with Crippen LogP contribution in [0.15, 0.2) is 42.7 Å². The molecular formula is C18H17F3N4O2. The lowest BCUT2D eigenvalue weighted by molar-refractivity contribution is -0.137. The van der Waals surface area contributed by atoms with Crippen molar-refractivity contribution in [1.29, 1.82) is 0 Å². The highest BCUT2D eigenvalue weighted by atomic mass is 19.4. The van der Waals surface area contributed by atoms with Gasteiger partial charge < -0.3 is 10.1 Å². The van der Waals surface area contributed by atoms with Gasteiger partial charge in [-0.15, -0.1) is 0 Å². The summed E-state index contributed by atoms with van der Waals surface area (Å²) in [6.45, 7) is 3.54. The number of anilines is 1. The largest absolute Gasteiger partial charge is 0.484 e. The number of hydrogen-bond donors (Lipinski definition) is 1. The van der Waals surface area contributed by atoms with E-state index in [1.165, 1.54) is 18.3 Å². The predicted octanol–water partition coefficient (Wildman–Crippen LogP) is 4.05. The molecule has 0 aliphatic rings. The van der Waals surface area contributed by atoms with E-state index in [0.717, 1.165) is 17.5 Å². The third kappa shape index (κ3) is 4.36. The molecule has 27 heavy (non-hydrogen) atoms. The summed E-state index contributed by atoms with van der Waals surface area (Å²) in [6.07, 6.45) is -1.33. The van der Waals surface area contributed by atoms with Gasteiger partial charge in [-0.3, -0.25) is 4.79 Å². The molecule has 6 nitrogen and oxygen atoms in total. The summed E-state index contributed by atoms with van der Waals surface area (Å²) >= 11 is 0. The standard InChI is InChI=1S/C18H17F3N4O2/c1-11(2)25-17-12(8-23-25)6-14(9-22-17)24-16(26)10-27-15-5-3-4-13(7-15)18(19,20)21/h3-9,11H,10H2,1-2H3,(H,24,26). The minimum absolute atomic E-state index is 0.0354. The van der Waals surface area contributed by atoms with Crippen molar-refractivity contribution < 1.29 is 22.7 Å². The molecule has 0 bridgehead atoms. The quantitative estimate of drug-likeness (QED) is 0.727. The van der Waals surface area contributed by atoms with Gasteiger partial charge in [-0.2, -0.15) is 18.3 Å². The Balaban J connectivity index is 1.64. The predicted molar refractivity (Wildman–Crippen MR) is 93.5 cm³/mol. The van der Waals surface area contributed by atoms with E-state index < -0.39 is 24.3 Å². The SMILES string of the molecule is CC(C)n1ncc2cc(NC(=O)COc3cccc(C(F)(F)F)c3)cnc21. The van der Waals surface area contributed by atoms with Gasteiger partial charge in [-0.1, -0.05) is 6.07 Å². The number of amides is 1. The lowest BCUT2D eigenvalue weighted by Crippen LogP contribution is -2.20. The Bertz CT molecular complexity index is 967. The van der Waals surface area contributed by atoms with Gasteiger partial charge in [0, 0.05) is 11.4 Å². The molecule has 0 saturated carbocycles. The molecular weight excluding hydrogens is 361 g/mol. The fraction of sp³-hybridized carbons (Fsp3) is 0.278. The van der Waals surface area contributed by atoms with Crippen LogP contribution in [-0.4, -0.2) is 27.3 Å². The maximum atomic E-state index is 12.7. The van der Waals surface area contributed by atoms with Crippen molar-refractivity contribution in [2.75, 3.05) is 11.9 Å². The van der Waals surface area contributed by atoms with Crippen molar-refractivity contribution in [3.63, 3.8) is 0 Å². The van der Waals surface area contributed by atoms with Crippen LogP contribution in [0.3, 0.4) is 0 Å². The number of carbonyl (C=O) groups is 1. The van der Waals surface area contributed by atoms with Gasteiger partial charge in [0.05, 0.1) is 23.6 Å². The fourth-order valence-corrected chi connectivity index (χ4v) is 2.49. The number of fused-ring (bicyclic) bond motifs is 1. The average Bonchev–Trinajstić information content (AvgIpc) is 3.03. The van der Waals surface area contributed by atoms with Crippen LogP contribution in [-0.2, 0) is 11.0 Å². The Morgan fingerprint density at radius 3 is 2.74 bits per heavy atom. The second kappa shape index (κ2) is 7.26. The molecule has 3 aromatic rings. The van der Waals surface area contributed by atoms with Crippen molar-refractivity contribution >= 4 is 22.6 Å². The second-order valence-corrected chi connectivity index (χ2v) is 6.18. The first-order valence-electron chi connectivity index (χ1n) is 8.17. The zero-order valence-electron chi connectivity index (χ0n) is 14.6. The Morgan fingerprint density at radius 2 is 2.04 bits per heavy atom. The Hall–Kier alpha value is -3.10. The minimum atomic E-state index is -4.47. The number of hydrogen-bond acceptors (Lipinski definition) is 4. The number of alkyl halides is 3. The second-order valence-electron chi connectivity index (χ2n) is 6.18. The lowest BCUT2D eigenvalue weighted by Gasteiger charge is -2.10. The van der Waals surface area contributed by atoms with Crippen molar-refractivity contribution in [2.24, 2.45) is 0 Å². The Morgan fingerprint density at radius 1 is 1.26 bits per heavy atom. The number of benzene rings is 1. The summed E-state index contributed by atoms with van der Waals surface area (Å²) in [4.78, 5) is 16.3. The van der Waals surface area contributed by atoms with Gasteiger partial charge in [-0.25, -0.2) is 9.67 Å². The summed E-state index contributed by atoms with van der Waals surface area (Å²) in [6, 6.07) is 6.23. The summed E-state index contributed by atoms with van der Waals surface area (Å²) < 4.78 is 45.0. The molecule has 0 saturated heterocycles. The number of carbonyl (C=O) groups excluding carboxylic acids is 1. The summed E-state index contributed by atoms with van der Waals surface area (Å²) in [5.41, 5.74) is 0.309. The maximum absolute atomic E-state index is 12.7. The van der Waals surface area contributed by atoms with E-state index >= 15 is 0 Å². The van der Waals surface area contributed by atoms with Gasteiger partial charge in [0.15, 0.2) is 12.3 Å². The first-order chi connectivity index (χ1) is 12.7. The molecule has 2 aromatic heterocycles. The van der Waals surface area contributed by atoms with E-state index in [1.807, 2.05) is 13.8 Å². The summed E-state index contributed by atoms with van der Waals surface area (Å²) in [5, 5.41) is 7.61. The third-order valence-corrected chi connectivity index (χ3v) is 3.74. The smallest absolute Gasteiger partial charge is 0.416 e. The van der Waals surface area contributed by atoms with E-state index in [9.17, 15) is 18.0 Å². The van der Waals surface area contributed by atoms with Crippen LogP contribution in [0.25, 0.3) is 11.0 Å². The summed E-state index contributed by atoms with van der Waals surface area (Å²) in [7, 11) is 0. The monoisotopic (exact) mass is 378 g/mol. The molecule has 2 heterocycles. The van der Waals surface area contributed by atoms with Crippen LogP contribution in [0.2, 0.25) is 0 Å². The fourth-order valence-electron chi connectivity index (χ4n) is 2.49. The minimum Gasteiger partial charge on any atom is -0.484 e. The molecule has 1 aromatic carbocycles. The van der Waals surface area contributed by atoms with Crippen LogP contribution in [0.4, 0.5) is 18.9 Å². The summed E-state index contributed by atoms with van der Waals surface area (Å²) in [5.74, 6) is -0.545. The van der Waals surface area contributed by atoms with Crippen molar-refractivity contribution in [3.05, 3.63) is 48.3 Å². The normalized spacial score (nSPS) is 11.8. The van der Waals surface area contributed by atoms with Crippen molar-refractivity contribution in [2.45, 2.75) is 26.1 Å². The Kier molecular flexibility index (Phi) is 5.02. The number of halogens is 3. The van der Waals surface area contributed by atoms with E-state index in [0.29, 0.717) is 11.3 Å². The number of pyridine rings is 1. The molecule has 0 aliphatic heterocycles. The molecule has 0 radical (unpaired) electrons. The van der Waals surface area contributed by atoms with E-state index in [2.05, 4.69) is 15.4 Å². The van der Waals surface area contributed by atoms with Gasteiger partial charge in [0.25, 0.3) is 5.91 Å². The van der Waals surface area contributed by atoms with E-state index in [-0.39, 0.29) is 11.8 Å². The van der Waals surface area contributed by atoms with Crippen LogP contribution in [0.1, 0.15) is 25.5 Å². The average molecular weight is 378 g/mol. The van der Waals surface area contributed by atoms with Crippen LogP contribution in [0, 0.1) is 0 Å². The number of nitrogens with one attached hydrogen (secondary N) is 1. The van der Waals surface area contributed by atoms with Crippen LogP contribution >= 0.6 is 0 Å². The Labute approximate surface area is 153 Å². The highest BCUT2D eigenvalue weighted by Crippen LogP contribution is 2.31. The first kappa shape index (κ1) is 18.7. The third-order valence-electron chi connectivity index (χ3n) is 3.74. The highest BCUT2D eigenvalue weighted by Gasteiger charge is 2.30. The van der Waals surface area contributed by atoms with Gasteiger partial charge in [0.2, 0.25) is 0 Å². The maximum Gasteiger partial charge on any atom is 0.416 e. The van der Waals surface area contributed by atoms with Crippen molar-refractivity contribution in [1.82, 2.24) is 14.8 Å². The van der Waals surface area contributed by atoms with Gasteiger partial charge in [-0.05, 0) is 38.1 Å². The number of nitrogens with zero attached hydrogens (tertiary/aromatic N) is 3. The van der Waals surface area contributed by atoms with E-state index in [4.69, 9.17) is 4.74 Å². The molecule has 0 unspecified atom stereocenters. The lowest BCUT2D eigenvalue weighted by atomic mass is 10.2. The molecule has 1 amide bonds. The van der Waals surface area contributed by atoms with Crippen LogP contribution < -0.4 is 10.1 Å². The molecule has 142 valence electrons. The van der Waals surface area contributed by atoms with Crippen molar-refractivity contribution in [3.8, 4) is 5.75 Å². The molecule has 9 heteroatoms. The van der Waals surface area contributed by atoms with E-state index in [1.54, 1.807) is 16.9 Å². The molecule has 3 rings (SSSR count). The molecule has 0 aliphatic carbocycles. The molecule has 1 N–H and O–H groups in total. The zero-order chi connectivity index (χ0) is 19.6. The highest BCUT2D eigenvalue weighted by molar-refractivity contribution is 5.93. The molecule has 0 atom stereocenters. The van der Waals surface area contributed by atoms with Gasteiger partial charge >= 0.3 is 6.18 Å². The number of aromatic nitrogens is 3. The number of rotatable bonds is 5.